The molecule has 33 heavy (non-hydrogen) atoms. The van der Waals surface area contributed by atoms with Crippen molar-refractivity contribution >= 4 is 22.2 Å². The summed E-state index contributed by atoms with van der Waals surface area (Å²) in [5, 5.41) is 55.0. The molecule has 0 aromatic carbocycles. The van der Waals surface area contributed by atoms with E-state index in [1.807, 2.05) is 0 Å². The number of hydrogen-bond acceptors (Lipinski definition) is 13. The molecule has 0 radical (unpaired) electrons. The number of rotatable bonds is 8. The van der Waals surface area contributed by atoms with Gasteiger partial charge in [-0.2, -0.15) is 8.42 Å². The van der Waals surface area contributed by atoms with Gasteiger partial charge in [0.15, 0.2) is 12.6 Å². The van der Waals surface area contributed by atoms with Gasteiger partial charge < -0.3 is 50.4 Å². The molecule has 0 aromatic rings. The predicted octanol–water partition coefficient (Wildman–Crippen LogP) is -5.28. The number of nitrogens with one attached hydrogen (secondary N) is 2. The lowest BCUT2D eigenvalue weighted by Crippen LogP contribution is -2.69. The Labute approximate surface area is 188 Å². The molecule has 2 rings (SSSR count). The molecule has 0 aliphatic carbocycles. The molecule has 16 nitrogen and oxygen atoms in total. The SMILES string of the molecule is CC(=O)N[C@@H]1[C@@H](O)[C@H](O[C@@H]2O[C@H](CO)[C@H](OS(=O)(=O)O)[C@H](O)[C@H]2NC(C)=O)[C@@H](CO)O[C@H]1O. The summed E-state index contributed by atoms with van der Waals surface area (Å²) < 4.78 is 51.9. The van der Waals surface area contributed by atoms with Crippen LogP contribution in [0.15, 0.2) is 0 Å². The maximum absolute atomic E-state index is 11.7. The Morgan fingerprint density at radius 1 is 0.879 bits per heavy atom. The first-order chi connectivity index (χ1) is 15.3. The fourth-order valence-electron chi connectivity index (χ4n) is 3.63. The second kappa shape index (κ2) is 11.3. The topological polar surface area (TPSA) is 251 Å². The zero-order valence-corrected chi connectivity index (χ0v) is 18.4. The lowest BCUT2D eigenvalue weighted by Gasteiger charge is -2.47. The van der Waals surface area contributed by atoms with E-state index in [4.69, 9.17) is 18.8 Å². The number of aliphatic hydroxyl groups is 5. The van der Waals surface area contributed by atoms with Gasteiger partial charge in [-0.3, -0.25) is 14.1 Å². The minimum atomic E-state index is -5.11. The van der Waals surface area contributed by atoms with Crippen LogP contribution in [0, 0.1) is 0 Å². The molecule has 2 fully saturated rings. The summed E-state index contributed by atoms with van der Waals surface area (Å²) in [5.74, 6) is -1.36. The summed E-state index contributed by atoms with van der Waals surface area (Å²) in [7, 11) is -5.11. The van der Waals surface area contributed by atoms with Crippen LogP contribution < -0.4 is 10.6 Å². The number of carbonyl (C=O) groups excluding carboxylic acids is 2. The molecule has 2 heterocycles. The minimum Gasteiger partial charge on any atom is -0.394 e. The molecule has 2 amide bonds. The molecular formula is C16H28N2O14S. The standard InChI is InChI=1S/C16H28N2O14S/c1-5(21)17-9-11(23)13(7(3-19)29-15(9)25)31-16-10(18-6(2)22)12(24)14(8(4-20)30-16)32-33(26,27)28/h7-16,19-20,23-25H,3-4H2,1-2H3,(H,17,21)(H,18,22)(H,26,27,28)/t7-,8-,9-,10-,11-,12-,13-,14+,15-,16+/m1/s1. The van der Waals surface area contributed by atoms with Crippen LogP contribution in [0.2, 0.25) is 0 Å². The van der Waals surface area contributed by atoms with Crippen LogP contribution in [0.5, 0.6) is 0 Å². The minimum absolute atomic E-state index is 0.631. The zero-order valence-electron chi connectivity index (χ0n) is 17.5. The van der Waals surface area contributed by atoms with Crippen molar-refractivity contribution < 1.29 is 66.5 Å². The lowest BCUT2D eigenvalue weighted by molar-refractivity contribution is -0.326. The third-order valence-electron chi connectivity index (χ3n) is 4.99. The van der Waals surface area contributed by atoms with Crippen LogP contribution in [-0.2, 0) is 38.4 Å². The molecule has 2 aliphatic heterocycles. The third-order valence-corrected chi connectivity index (χ3v) is 5.45. The maximum atomic E-state index is 11.7. The summed E-state index contributed by atoms with van der Waals surface area (Å²) in [6, 6.07) is -2.96. The first-order valence-corrected chi connectivity index (χ1v) is 11.1. The molecule has 192 valence electrons. The fourth-order valence-corrected chi connectivity index (χ4v) is 4.14. The first kappa shape index (κ1) is 27.7. The van der Waals surface area contributed by atoms with Crippen molar-refractivity contribution in [1.82, 2.24) is 10.6 Å². The number of hydrogen-bond donors (Lipinski definition) is 8. The van der Waals surface area contributed by atoms with Gasteiger partial charge in [0.2, 0.25) is 11.8 Å². The highest BCUT2D eigenvalue weighted by Crippen LogP contribution is 2.30. The van der Waals surface area contributed by atoms with Crippen LogP contribution in [0.3, 0.4) is 0 Å². The van der Waals surface area contributed by atoms with Crippen molar-refractivity contribution in [3.8, 4) is 0 Å². The van der Waals surface area contributed by atoms with Gasteiger partial charge in [0.05, 0.1) is 13.2 Å². The quantitative estimate of drug-likeness (QED) is 0.144. The van der Waals surface area contributed by atoms with Crippen molar-refractivity contribution in [2.24, 2.45) is 0 Å². The summed E-state index contributed by atoms with van der Waals surface area (Å²) in [6.45, 7) is 0.467. The molecule has 10 atom stereocenters. The Hall–Kier alpha value is -1.51. The van der Waals surface area contributed by atoms with Gasteiger partial charge in [-0.25, -0.2) is 4.18 Å². The van der Waals surface area contributed by atoms with E-state index in [0.29, 0.717) is 0 Å². The third kappa shape index (κ3) is 6.99. The Bertz CT molecular complexity index is 796. The second-order valence-corrected chi connectivity index (χ2v) is 8.54. The highest BCUT2D eigenvalue weighted by Gasteiger charge is 2.52. The average molecular weight is 504 g/mol. The predicted molar refractivity (Wildman–Crippen MR) is 102 cm³/mol. The van der Waals surface area contributed by atoms with Gasteiger partial charge in [0.1, 0.15) is 48.7 Å². The maximum Gasteiger partial charge on any atom is 0.397 e. The van der Waals surface area contributed by atoms with Crippen LogP contribution >= 0.6 is 0 Å². The molecule has 2 aliphatic rings. The van der Waals surface area contributed by atoms with Crippen molar-refractivity contribution in [3.05, 3.63) is 0 Å². The Kier molecular flexibility index (Phi) is 9.48. The van der Waals surface area contributed by atoms with Gasteiger partial charge >= 0.3 is 10.4 Å². The van der Waals surface area contributed by atoms with Gasteiger partial charge in [0.25, 0.3) is 0 Å². The summed E-state index contributed by atoms with van der Waals surface area (Å²) in [4.78, 5) is 23.1. The number of amides is 2. The van der Waals surface area contributed by atoms with E-state index >= 15 is 0 Å². The summed E-state index contributed by atoms with van der Waals surface area (Å²) in [6.07, 6.45) is -13.3. The molecule has 0 bridgehead atoms. The van der Waals surface area contributed by atoms with E-state index in [1.54, 1.807) is 0 Å². The van der Waals surface area contributed by atoms with E-state index in [1.165, 1.54) is 0 Å². The monoisotopic (exact) mass is 504 g/mol. The summed E-state index contributed by atoms with van der Waals surface area (Å²) in [5.41, 5.74) is 0. The van der Waals surface area contributed by atoms with Crippen molar-refractivity contribution in [2.45, 2.75) is 75.1 Å². The number of carbonyl (C=O) groups is 2. The Morgan fingerprint density at radius 2 is 1.36 bits per heavy atom. The number of aliphatic hydroxyl groups excluding tert-OH is 5. The van der Waals surface area contributed by atoms with E-state index in [0.717, 1.165) is 13.8 Å². The van der Waals surface area contributed by atoms with Crippen LogP contribution in [0.4, 0.5) is 0 Å². The number of ether oxygens (including phenoxy) is 3. The molecule has 0 spiro atoms. The molecular weight excluding hydrogens is 476 g/mol. The van der Waals surface area contributed by atoms with Gasteiger partial charge in [-0.1, -0.05) is 0 Å². The smallest absolute Gasteiger partial charge is 0.394 e. The van der Waals surface area contributed by atoms with E-state index in [-0.39, 0.29) is 0 Å². The van der Waals surface area contributed by atoms with Crippen LogP contribution in [0.1, 0.15) is 13.8 Å². The molecule has 2 saturated heterocycles. The van der Waals surface area contributed by atoms with E-state index in [9.17, 15) is 43.5 Å². The highest BCUT2D eigenvalue weighted by atomic mass is 32.3. The van der Waals surface area contributed by atoms with E-state index < -0.39 is 96.7 Å². The van der Waals surface area contributed by atoms with Gasteiger partial charge in [0, 0.05) is 13.8 Å². The van der Waals surface area contributed by atoms with Gasteiger partial charge in [-0.15, -0.1) is 0 Å². The van der Waals surface area contributed by atoms with Crippen LogP contribution in [-0.4, -0.2) is 125 Å². The first-order valence-electron chi connectivity index (χ1n) is 9.71. The van der Waals surface area contributed by atoms with Crippen molar-refractivity contribution in [2.75, 3.05) is 13.2 Å². The largest absolute Gasteiger partial charge is 0.397 e. The van der Waals surface area contributed by atoms with Crippen molar-refractivity contribution in [1.29, 1.82) is 0 Å². The molecule has 0 aromatic heterocycles. The molecule has 8 N–H and O–H groups in total. The normalized spacial score (nSPS) is 39.6. The van der Waals surface area contributed by atoms with Gasteiger partial charge in [-0.05, 0) is 0 Å². The zero-order chi connectivity index (χ0) is 25.1. The van der Waals surface area contributed by atoms with Crippen LogP contribution in [0.25, 0.3) is 0 Å². The Balaban J connectivity index is 2.34. The molecule has 0 saturated carbocycles. The lowest BCUT2D eigenvalue weighted by atomic mass is 9.94. The Morgan fingerprint density at radius 3 is 1.85 bits per heavy atom. The van der Waals surface area contributed by atoms with Crippen molar-refractivity contribution in [3.63, 3.8) is 0 Å². The highest BCUT2D eigenvalue weighted by molar-refractivity contribution is 7.80. The fraction of sp³-hybridized carbons (Fsp3) is 0.875. The summed E-state index contributed by atoms with van der Waals surface area (Å²) >= 11 is 0. The second-order valence-electron chi connectivity index (χ2n) is 7.50. The average Bonchev–Trinajstić information content (AvgIpc) is 2.70. The molecule has 17 heteroatoms. The molecule has 0 unspecified atom stereocenters. The van der Waals surface area contributed by atoms with E-state index in [2.05, 4.69) is 14.8 Å².